The average Bonchev–Trinajstić information content (AvgIpc) is 2.85. The van der Waals surface area contributed by atoms with Gasteiger partial charge >= 0.3 is 0 Å². The molecule has 0 radical (unpaired) electrons. The summed E-state index contributed by atoms with van der Waals surface area (Å²) in [7, 11) is 0. The van der Waals surface area contributed by atoms with E-state index in [1.165, 1.54) is 0 Å². The molecule has 3 aromatic carbocycles. The number of carbonyl (C=O) groups is 2. The zero-order valence-corrected chi connectivity index (χ0v) is 22.0. The van der Waals surface area contributed by atoms with E-state index < -0.39 is 6.04 Å². The molecule has 0 saturated heterocycles. The van der Waals surface area contributed by atoms with Gasteiger partial charge in [0.05, 0.1) is 0 Å². The molecule has 0 aliphatic heterocycles. The van der Waals surface area contributed by atoms with E-state index in [0.29, 0.717) is 23.7 Å². The van der Waals surface area contributed by atoms with Crippen LogP contribution >= 0.6 is 34.2 Å². The minimum Gasteiger partial charge on any atom is -0.484 e. The van der Waals surface area contributed by atoms with Crippen molar-refractivity contribution in [3.63, 3.8) is 0 Å². The molecule has 1 atom stereocenters. The SMILES string of the molecule is CCCNC(=O)[C@H](Cc1ccccc1)N(Cc1cccc(Cl)c1)C(=O)COc1ccc(I)cc1. The lowest BCUT2D eigenvalue weighted by Gasteiger charge is -2.31. The summed E-state index contributed by atoms with van der Waals surface area (Å²) in [4.78, 5) is 28.3. The Hall–Kier alpha value is -2.58. The molecule has 1 N–H and O–H groups in total. The summed E-state index contributed by atoms with van der Waals surface area (Å²) < 4.78 is 6.85. The lowest BCUT2D eigenvalue weighted by atomic mass is 10.0. The number of carbonyl (C=O) groups excluding carboxylic acids is 2. The van der Waals surface area contributed by atoms with E-state index in [1.54, 1.807) is 11.0 Å². The van der Waals surface area contributed by atoms with Gasteiger partial charge in [0, 0.05) is 28.1 Å². The summed E-state index contributed by atoms with van der Waals surface area (Å²) in [5, 5.41) is 3.54. The third kappa shape index (κ3) is 8.02. The summed E-state index contributed by atoms with van der Waals surface area (Å²) in [6.07, 6.45) is 1.20. The Morgan fingerprint density at radius 1 is 1.00 bits per heavy atom. The number of nitrogens with one attached hydrogen (secondary N) is 1. The van der Waals surface area contributed by atoms with Gasteiger partial charge in [0.2, 0.25) is 5.91 Å². The second-order valence-corrected chi connectivity index (χ2v) is 9.57. The van der Waals surface area contributed by atoms with Gasteiger partial charge in [0.25, 0.3) is 5.91 Å². The van der Waals surface area contributed by atoms with Gasteiger partial charge in [-0.2, -0.15) is 0 Å². The number of ether oxygens (including phenoxy) is 1. The number of amides is 2. The lowest BCUT2D eigenvalue weighted by molar-refractivity contribution is -0.142. The maximum Gasteiger partial charge on any atom is 0.261 e. The van der Waals surface area contributed by atoms with Gasteiger partial charge in [-0.05, 0) is 76.5 Å². The molecule has 0 aliphatic rings. The molecule has 0 heterocycles. The van der Waals surface area contributed by atoms with Crippen LogP contribution in [0.3, 0.4) is 0 Å². The molecule has 0 unspecified atom stereocenters. The third-order valence-electron chi connectivity index (χ3n) is 5.24. The van der Waals surface area contributed by atoms with E-state index in [1.807, 2.05) is 79.7 Å². The Kier molecular flexibility index (Phi) is 10.2. The normalized spacial score (nSPS) is 11.5. The van der Waals surface area contributed by atoms with E-state index >= 15 is 0 Å². The second-order valence-electron chi connectivity index (χ2n) is 7.89. The van der Waals surface area contributed by atoms with Crippen LogP contribution in [0.5, 0.6) is 5.75 Å². The first-order valence-corrected chi connectivity index (χ1v) is 12.7. The number of hydrogen-bond acceptors (Lipinski definition) is 3. The van der Waals surface area contributed by atoms with Crippen molar-refractivity contribution in [1.82, 2.24) is 10.2 Å². The molecule has 0 saturated carbocycles. The Labute approximate surface area is 219 Å². The first kappa shape index (κ1) is 26.0. The largest absolute Gasteiger partial charge is 0.484 e. The van der Waals surface area contributed by atoms with Crippen LogP contribution in [0.2, 0.25) is 5.02 Å². The predicted octanol–water partition coefficient (Wildman–Crippen LogP) is 5.49. The first-order chi connectivity index (χ1) is 16.5. The van der Waals surface area contributed by atoms with Crippen LogP contribution in [-0.4, -0.2) is 35.9 Å². The summed E-state index contributed by atoms with van der Waals surface area (Å²) in [6, 6.07) is 23.8. The van der Waals surface area contributed by atoms with Crippen LogP contribution in [0, 0.1) is 3.57 Å². The van der Waals surface area contributed by atoms with E-state index in [9.17, 15) is 9.59 Å². The van der Waals surface area contributed by atoms with Crippen molar-refractivity contribution >= 4 is 46.0 Å². The topological polar surface area (TPSA) is 58.6 Å². The smallest absolute Gasteiger partial charge is 0.261 e. The quantitative estimate of drug-likeness (QED) is 0.301. The van der Waals surface area contributed by atoms with Gasteiger partial charge in [-0.3, -0.25) is 9.59 Å². The van der Waals surface area contributed by atoms with Crippen LogP contribution in [0.15, 0.2) is 78.9 Å². The molecule has 3 aromatic rings. The van der Waals surface area contributed by atoms with E-state index in [4.69, 9.17) is 16.3 Å². The van der Waals surface area contributed by atoms with Crippen molar-refractivity contribution < 1.29 is 14.3 Å². The molecule has 5 nitrogen and oxygen atoms in total. The van der Waals surface area contributed by atoms with Crippen molar-refractivity contribution in [1.29, 1.82) is 0 Å². The summed E-state index contributed by atoms with van der Waals surface area (Å²) in [5.41, 5.74) is 1.82. The number of rotatable bonds is 11. The lowest BCUT2D eigenvalue weighted by Crippen LogP contribution is -2.51. The molecule has 2 amide bonds. The summed E-state index contributed by atoms with van der Waals surface area (Å²) in [6.45, 7) is 2.61. The molecule has 34 heavy (non-hydrogen) atoms. The highest BCUT2D eigenvalue weighted by molar-refractivity contribution is 14.1. The number of halogens is 2. The fraction of sp³-hybridized carbons (Fsp3) is 0.259. The Morgan fingerprint density at radius 3 is 2.38 bits per heavy atom. The maximum atomic E-state index is 13.5. The van der Waals surface area contributed by atoms with Gasteiger partial charge in [-0.1, -0.05) is 61.0 Å². The van der Waals surface area contributed by atoms with Crippen LogP contribution in [0.25, 0.3) is 0 Å². The number of hydrogen-bond donors (Lipinski definition) is 1. The molecule has 0 fully saturated rings. The van der Waals surface area contributed by atoms with E-state index in [0.717, 1.165) is 21.1 Å². The van der Waals surface area contributed by atoms with Crippen LogP contribution in [-0.2, 0) is 22.6 Å². The van der Waals surface area contributed by atoms with Crippen molar-refractivity contribution in [2.45, 2.75) is 32.4 Å². The average molecular weight is 591 g/mol. The molecule has 0 spiro atoms. The zero-order chi connectivity index (χ0) is 24.3. The molecule has 0 aliphatic carbocycles. The first-order valence-electron chi connectivity index (χ1n) is 11.2. The van der Waals surface area contributed by atoms with Crippen molar-refractivity contribution in [2.24, 2.45) is 0 Å². The number of benzene rings is 3. The Balaban J connectivity index is 1.88. The van der Waals surface area contributed by atoms with Crippen LogP contribution in [0.1, 0.15) is 24.5 Å². The minimum absolute atomic E-state index is 0.173. The predicted molar refractivity (Wildman–Crippen MR) is 144 cm³/mol. The highest BCUT2D eigenvalue weighted by Crippen LogP contribution is 2.19. The third-order valence-corrected chi connectivity index (χ3v) is 6.19. The minimum atomic E-state index is -0.694. The monoisotopic (exact) mass is 590 g/mol. The maximum absolute atomic E-state index is 13.5. The van der Waals surface area contributed by atoms with Crippen molar-refractivity contribution in [2.75, 3.05) is 13.2 Å². The molecule has 0 aromatic heterocycles. The van der Waals surface area contributed by atoms with E-state index in [2.05, 4.69) is 27.9 Å². The zero-order valence-electron chi connectivity index (χ0n) is 19.0. The molecule has 0 bridgehead atoms. The van der Waals surface area contributed by atoms with Gasteiger partial charge in [-0.25, -0.2) is 0 Å². The van der Waals surface area contributed by atoms with Gasteiger partial charge in [-0.15, -0.1) is 0 Å². The van der Waals surface area contributed by atoms with Gasteiger partial charge in [0.1, 0.15) is 11.8 Å². The molecule has 178 valence electrons. The number of nitrogens with zero attached hydrogens (tertiary/aromatic N) is 1. The molecular formula is C27H28ClIN2O3. The summed E-state index contributed by atoms with van der Waals surface area (Å²) in [5.74, 6) is 0.146. The highest BCUT2D eigenvalue weighted by atomic mass is 127. The highest BCUT2D eigenvalue weighted by Gasteiger charge is 2.30. The second kappa shape index (κ2) is 13.3. The summed E-state index contributed by atoms with van der Waals surface area (Å²) >= 11 is 8.41. The van der Waals surface area contributed by atoms with Gasteiger partial charge < -0.3 is 15.0 Å². The van der Waals surface area contributed by atoms with Gasteiger partial charge in [0.15, 0.2) is 6.61 Å². The molecule has 7 heteroatoms. The Morgan fingerprint density at radius 2 is 1.71 bits per heavy atom. The van der Waals surface area contributed by atoms with Crippen molar-refractivity contribution in [3.8, 4) is 5.75 Å². The standard InChI is InChI=1S/C27H28ClIN2O3/c1-2-15-30-27(33)25(17-20-7-4-3-5-8-20)31(18-21-9-6-10-22(28)16-21)26(32)19-34-24-13-11-23(29)12-14-24/h3-14,16,25H,2,15,17-19H2,1H3,(H,30,33)/t25-/m0/s1. The molecular weight excluding hydrogens is 563 g/mol. The van der Waals surface area contributed by atoms with Crippen LogP contribution < -0.4 is 10.1 Å². The Bertz CT molecular complexity index is 1080. The fourth-order valence-corrected chi connectivity index (χ4v) is 4.08. The fourth-order valence-electron chi connectivity index (χ4n) is 3.51. The van der Waals surface area contributed by atoms with Crippen LogP contribution in [0.4, 0.5) is 0 Å². The van der Waals surface area contributed by atoms with E-state index in [-0.39, 0.29) is 25.0 Å². The molecule has 3 rings (SSSR count). The van der Waals surface area contributed by atoms with Crippen molar-refractivity contribution in [3.05, 3.63) is 98.6 Å².